The fraction of sp³-hybridized carbons (Fsp3) is 0.826. The molecule has 0 amide bonds. The Kier molecular flexibility index (Phi) is 53.4. The molecule has 81 heavy (non-hydrogen) atoms. The zero-order chi connectivity index (χ0) is 58.9. The van der Waals surface area contributed by atoms with Crippen molar-refractivity contribution in [2.45, 2.75) is 353 Å². The fourth-order valence-corrected chi connectivity index (χ4v) is 10.2. The van der Waals surface area contributed by atoms with E-state index in [1.165, 1.54) is 167 Å². The van der Waals surface area contributed by atoms with Gasteiger partial charge < -0.3 is 39.0 Å². The highest BCUT2D eigenvalue weighted by Gasteiger charge is 2.50. The van der Waals surface area contributed by atoms with Crippen LogP contribution in [-0.4, -0.2) is 89.2 Å². The Morgan fingerprint density at radius 2 is 0.741 bits per heavy atom. The molecule has 1 aliphatic rings. The van der Waals surface area contributed by atoms with E-state index in [9.17, 15) is 34.5 Å². The van der Waals surface area contributed by atoms with Crippen molar-refractivity contribution in [3.8, 4) is 0 Å². The van der Waals surface area contributed by atoms with Gasteiger partial charge in [0.05, 0.1) is 6.61 Å². The molecule has 0 saturated carbocycles. The van der Waals surface area contributed by atoms with E-state index in [2.05, 4.69) is 69.4 Å². The number of aliphatic carboxylic acids is 1. The van der Waals surface area contributed by atoms with E-state index in [4.69, 9.17) is 23.7 Å². The first kappa shape index (κ1) is 75.7. The first-order valence-electron chi connectivity index (χ1n) is 33.6. The van der Waals surface area contributed by atoms with Gasteiger partial charge in [-0.05, 0) is 103 Å². The predicted octanol–water partition coefficient (Wildman–Crippen LogP) is 18.1. The summed E-state index contributed by atoms with van der Waals surface area (Å²) in [6.07, 6.45) is 57.8. The Hall–Kier alpha value is -3.32. The van der Waals surface area contributed by atoms with E-state index in [0.717, 1.165) is 89.9 Å². The van der Waals surface area contributed by atoms with Crippen LogP contribution in [0.15, 0.2) is 48.6 Å². The third-order valence-corrected chi connectivity index (χ3v) is 15.3. The third kappa shape index (κ3) is 46.7. The molecular formula is C69H122O12. The van der Waals surface area contributed by atoms with Crippen molar-refractivity contribution >= 4 is 23.9 Å². The number of aliphatic hydroxyl groups is 2. The second-order valence-corrected chi connectivity index (χ2v) is 23.1. The summed E-state index contributed by atoms with van der Waals surface area (Å²) in [6, 6.07) is 0. The Morgan fingerprint density at radius 1 is 0.407 bits per heavy atom. The van der Waals surface area contributed by atoms with Crippen LogP contribution in [0.5, 0.6) is 0 Å². The quantitative estimate of drug-likeness (QED) is 0.0228. The molecule has 12 heteroatoms. The summed E-state index contributed by atoms with van der Waals surface area (Å²) >= 11 is 0. The van der Waals surface area contributed by atoms with Crippen molar-refractivity contribution in [3.63, 3.8) is 0 Å². The molecular weight excluding hydrogens is 1020 g/mol. The minimum absolute atomic E-state index is 0.0516. The number of carboxylic acid groups (broad SMARTS) is 1. The summed E-state index contributed by atoms with van der Waals surface area (Å²) < 4.78 is 28.6. The van der Waals surface area contributed by atoms with Crippen molar-refractivity contribution in [2.24, 2.45) is 0 Å². The molecule has 0 aromatic rings. The molecule has 1 heterocycles. The Morgan fingerprint density at radius 3 is 1.16 bits per heavy atom. The van der Waals surface area contributed by atoms with Gasteiger partial charge in [0.1, 0.15) is 18.8 Å². The van der Waals surface area contributed by atoms with E-state index < -0.39 is 67.3 Å². The van der Waals surface area contributed by atoms with Crippen LogP contribution in [0.4, 0.5) is 0 Å². The van der Waals surface area contributed by atoms with Crippen LogP contribution in [0.2, 0.25) is 0 Å². The molecule has 6 unspecified atom stereocenters. The van der Waals surface area contributed by atoms with Gasteiger partial charge in [-0.3, -0.25) is 14.4 Å². The van der Waals surface area contributed by atoms with Gasteiger partial charge in [0.25, 0.3) is 0 Å². The zero-order valence-corrected chi connectivity index (χ0v) is 52.0. The first-order chi connectivity index (χ1) is 39.6. The monoisotopic (exact) mass is 1140 g/mol. The maximum Gasteiger partial charge on any atom is 0.335 e. The SMILES string of the molecule is CCCCC/C=C\C/C=C\CCCCCCCCCCCC(=O)OCC(COC1OC(C(=O)O)C(O)C(O)C1OC(=O)CCCCCCC/C=C\CCCCCC)OC(=O)CCCCCCCCCCC/C=C\CCCCCCCC. The topological polar surface area (TPSA) is 175 Å². The van der Waals surface area contributed by atoms with Crippen LogP contribution in [0.3, 0.4) is 0 Å². The summed E-state index contributed by atoms with van der Waals surface area (Å²) in [6.45, 7) is 5.98. The molecule has 0 aromatic heterocycles. The highest BCUT2D eigenvalue weighted by atomic mass is 16.7. The van der Waals surface area contributed by atoms with Gasteiger partial charge in [-0.1, -0.05) is 243 Å². The minimum atomic E-state index is -1.91. The second-order valence-electron chi connectivity index (χ2n) is 23.1. The fourth-order valence-electron chi connectivity index (χ4n) is 10.2. The van der Waals surface area contributed by atoms with Crippen LogP contribution in [0.25, 0.3) is 0 Å². The Bertz CT molecular complexity index is 1590. The number of hydrogen-bond donors (Lipinski definition) is 3. The lowest BCUT2D eigenvalue weighted by Gasteiger charge is -2.40. The van der Waals surface area contributed by atoms with Gasteiger partial charge in [0.15, 0.2) is 24.6 Å². The number of carbonyl (C=O) groups excluding carboxylic acids is 3. The van der Waals surface area contributed by atoms with Crippen LogP contribution < -0.4 is 0 Å². The molecule has 1 saturated heterocycles. The van der Waals surface area contributed by atoms with Crippen molar-refractivity contribution in [2.75, 3.05) is 13.2 Å². The lowest BCUT2D eigenvalue weighted by Crippen LogP contribution is -2.61. The maximum atomic E-state index is 13.2. The maximum absolute atomic E-state index is 13.2. The Labute approximate surface area is 494 Å². The smallest absolute Gasteiger partial charge is 0.335 e. The predicted molar refractivity (Wildman–Crippen MR) is 331 cm³/mol. The van der Waals surface area contributed by atoms with Crippen LogP contribution >= 0.6 is 0 Å². The summed E-state index contributed by atoms with van der Waals surface area (Å²) in [7, 11) is 0. The highest BCUT2D eigenvalue weighted by Crippen LogP contribution is 2.27. The summed E-state index contributed by atoms with van der Waals surface area (Å²) in [5.74, 6) is -3.11. The summed E-state index contributed by atoms with van der Waals surface area (Å²) in [5.41, 5.74) is 0. The molecule has 6 atom stereocenters. The van der Waals surface area contributed by atoms with E-state index in [0.29, 0.717) is 19.3 Å². The average molecular weight is 1140 g/mol. The van der Waals surface area contributed by atoms with Gasteiger partial charge in [-0.15, -0.1) is 0 Å². The lowest BCUT2D eigenvalue weighted by atomic mass is 9.98. The molecule has 0 radical (unpaired) electrons. The number of unbranched alkanes of at least 4 members (excludes halogenated alkanes) is 36. The molecule has 1 fully saturated rings. The molecule has 3 N–H and O–H groups in total. The number of allylic oxidation sites excluding steroid dienone is 8. The molecule has 0 bridgehead atoms. The van der Waals surface area contributed by atoms with Crippen LogP contribution in [0.1, 0.15) is 316 Å². The molecule has 12 nitrogen and oxygen atoms in total. The lowest BCUT2D eigenvalue weighted by molar-refractivity contribution is -0.301. The molecule has 1 rings (SSSR count). The normalized spacial score (nSPS) is 18.0. The molecule has 0 aromatic carbocycles. The first-order valence-corrected chi connectivity index (χ1v) is 33.6. The summed E-state index contributed by atoms with van der Waals surface area (Å²) in [4.78, 5) is 51.3. The number of rotatable bonds is 58. The molecule has 1 aliphatic heterocycles. The number of hydrogen-bond acceptors (Lipinski definition) is 11. The third-order valence-electron chi connectivity index (χ3n) is 15.3. The Balaban J connectivity index is 2.64. The largest absolute Gasteiger partial charge is 0.479 e. The summed E-state index contributed by atoms with van der Waals surface area (Å²) in [5, 5.41) is 31.6. The highest BCUT2D eigenvalue weighted by molar-refractivity contribution is 5.74. The molecule has 0 aliphatic carbocycles. The zero-order valence-electron chi connectivity index (χ0n) is 52.0. The second kappa shape index (κ2) is 57.1. The van der Waals surface area contributed by atoms with Crippen molar-refractivity contribution in [1.82, 2.24) is 0 Å². The van der Waals surface area contributed by atoms with Gasteiger partial charge in [0.2, 0.25) is 0 Å². The minimum Gasteiger partial charge on any atom is -0.479 e. The standard InChI is InChI=1S/C69H122O12/c1-4-7-10-13-16-19-22-25-27-29-31-33-35-38-40-43-46-49-52-55-61(70)77-58-60(79-62(71)56-53-50-47-44-42-39-36-34-32-30-28-26-23-20-17-14-11-8-5-2)59-78-69-67(65(74)64(73)66(81-69)68(75)76)80-63(72)57-54-51-48-45-41-37-24-21-18-15-12-9-6-3/h16,19,21,24-28,60,64-67,69,73-74H,4-15,17-18,20,22-23,29-59H2,1-3H3,(H,75,76)/b19-16-,24-21-,27-25-,28-26-. The number of esters is 3. The van der Waals surface area contributed by atoms with Gasteiger partial charge in [-0.2, -0.15) is 0 Å². The van der Waals surface area contributed by atoms with Crippen molar-refractivity contribution in [3.05, 3.63) is 48.6 Å². The van der Waals surface area contributed by atoms with E-state index in [-0.39, 0.29) is 25.9 Å². The number of aliphatic hydroxyl groups excluding tert-OH is 2. The van der Waals surface area contributed by atoms with Gasteiger partial charge >= 0.3 is 23.9 Å². The van der Waals surface area contributed by atoms with Crippen molar-refractivity contribution in [1.29, 1.82) is 0 Å². The molecule has 470 valence electrons. The van der Waals surface area contributed by atoms with Gasteiger partial charge in [0, 0.05) is 19.3 Å². The number of carboxylic acids is 1. The van der Waals surface area contributed by atoms with Crippen LogP contribution in [0, 0.1) is 0 Å². The van der Waals surface area contributed by atoms with E-state index >= 15 is 0 Å². The average Bonchev–Trinajstić information content (AvgIpc) is 3.46. The van der Waals surface area contributed by atoms with Crippen molar-refractivity contribution < 1.29 is 58.2 Å². The van der Waals surface area contributed by atoms with Crippen LogP contribution in [-0.2, 0) is 42.9 Å². The van der Waals surface area contributed by atoms with Gasteiger partial charge in [-0.25, -0.2) is 4.79 Å². The molecule has 0 spiro atoms. The number of carbonyl (C=O) groups is 4. The number of ether oxygens (including phenoxy) is 5. The van der Waals surface area contributed by atoms with E-state index in [1.807, 2.05) is 0 Å². The van der Waals surface area contributed by atoms with E-state index in [1.54, 1.807) is 0 Å².